The average molecular weight is 299 g/mol. The highest BCUT2D eigenvalue weighted by Gasteiger charge is 2.07. The average Bonchev–Trinajstić information content (AvgIpc) is 3.19. The summed E-state index contributed by atoms with van der Waals surface area (Å²) in [6, 6.07) is 14.0. The SMILES string of the molecule is c1ccc(OCCNCc2cn[nH]c2-c2cccs2)cc1. The van der Waals surface area contributed by atoms with E-state index in [0.29, 0.717) is 6.61 Å². The van der Waals surface area contributed by atoms with Gasteiger partial charge in [-0.3, -0.25) is 5.10 Å². The second kappa shape index (κ2) is 7.06. The van der Waals surface area contributed by atoms with Gasteiger partial charge in [0, 0.05) is 18.7 Å². The van der Waals surface area contributed by atoms with E-state index in [-0.39, 0.29) is 0 Å². The zero-order chi connectivity index (χ0) is 14.3. The molecule has 0 saturated carbocycles. The first-order chi connectivity index (χ1) is 10.4. The van der Waals surface area contributed by atoms with Crippen LogP contribution in [0.1, 0.15) is 5.56 Å². The Morgan fingerprint density at radius 3 is 2.86 bits per heavy atom. The van der Waals surface area contributed by atoms with Crippen molar-refractivity contribution >= 4 is 11.3 Å². The van der Waals surface area contributed by atoms with Crippen LogP contribution in [0.3, 0.4) is 0 Å². The van der Waals surface area contributed by atoms with E-state index in [2.05, 4.69) is 27.0 Å². The summed E-state index contributed by atoms with van der Waals surface area (Å²) in [6.07, 6.45) is 1.88. The second-order valence-corrected chi connectivity index (χ2v) is 5.53. The van der Waals surface area contributed by atoms with Crippen LogP contribution in [-0.4, -0.2) is 23.3 Å². The zero-order valence-corrected chi connectivity index (χ0v) is 12.4. The van der Waals surface area contributed by atoms with E-state index < -0.39 is 0 Å². The van der Waals surface area contributed by atoms with Gasteiger partial charge in [0.05, 0.1) is 16.8 Å². The van der Waals surface area contributed by atoms with Crippen LogP contribution in [0.5, 0.6) is 5.75 Å². The molecule has 0 spiro atoms. The number of H-pyrrole nitrogens is 1. The van der Waals surface area contributed by atoms with Crippen molar-refractivity contribution in [3.63, 3.8) is 0 Å². The predicted molar refractivity (Wildman–Crippen MR) is 85.5 cm³/mol. The molecule has 0 bridgehead atoms. The first-order valence-corrected chi connectivity index (χ1v) is 7.76. The van der Waals surface area contributed by atoms with Gasteiger partial charge in [-0.1, -0.05) is 24.3 Å². The molecule has 0 saturated heterocycles. The topological polar surface area (TPSA) is 49.9 Å². The number of benzene rings is 1. The van der Waals surface area contributed by atoms with Gasteiger partial charge in [0.1, 0.15) is 12.4 Å². The van der Waals surface area contributed by atoms with Gasteiger partial charge in [0.25, 0.3) is 0 Å². The van der Waals surface area contributed by atoms with Gasteiger partial charge in [0.15, 0.2) is 0 Å². The van der Waals surface area contributed by atoms with Crippen molar-refractivity contribution in [1.82, 2.24) is 15.5 Å². The molecule has 0 amide bonds. The van der Waals surface area contributed by atoms with Gasteiger partial charge in [-0.25, -0.2) is 0 Å². The molecule has 5 heteroatoms. The molecule has 2 aromatic heterocycles. The summed E-state index contributed by atoms with van der Waals surface area (Å²) in [5.41, 5.74) is 2.28. The molecule has 3 aromatic rings. The molecule has 3 rings (SSSR count). The molecule has 21 heavy (non-hydrogen) atoms. The van der Waals surface area contributed by atoms with Crippen molar-refractivity contribution in [3.8, 4) is 16.3 Å². The molecule has 1 aromatic carbocycles. The Labute approximate surface area is 127 Å². The van der Waals surface area contributed by atoms with Crippen molar-refractivity contribution < 1.29 is 4.74 Å². The third-order valence-electron chi connectivity index (χ3n) is 3.09. The highest BCUT2D eigenvalue weighted by Crippen LogP contribution is 2.25. The Hall–Kier alpha value is -2.11. The minimum atomic E-state index is 0.649. The summed E-state index contributed by atoms with van der Waals surface area (Å²) >= 11 is 1.71. The Kier molecular flexibility index (Phi) is 4.66. The quantitative estimate of drug-likeness (QED) is 0.658. The van der Waals surface area contributed by atoms with Crippen LogP contribution in [-0.2, 0) is 6.54 Å². The molecule has 0 aliphatic carbocycles. The number of aromatic nitrogens is 2. The fraction of sp³-hybridized carbons (Fsp3) is 0.188. The van der Waals surface area contributed by atoms with Gasteiger partial charge < -0.3 is 10.1 Å². The standard InChI is InChI=1S/C16H17N3OS/c1-2-5-14(6-3-1)20-9-8-17-11-13-12-18-19-16(13)15-7-4-10-21-15/h1-7,10,12,17H,8-9,11H2,(H,18,19). The number of nitrogens with one attached hydrogen (secondary N) is 2. The normalized spacial score (nSPS) is 10.7. The minimum Gasteiger partial charge on any atom is -0.492 e. The lowest BCUT2D eigenvalue weighted by Crippen LogP contribution is -2.20. The predicted octanol–water partition coefficient (Wildman–Crippen LogP) is 3.31. The number of aromatic amines is 1. The van der Waals surface area contributed by atoms with Crippen LogP contribution in [0, 0.1) is 0 Å². The molecule has 108 valence electrons. The Morgan fingerprint density at radius 2 is 2.05 bits per heavy atom. The van der Waals surface area contributed by atoms with E-state index in [1.54, 1.807) is 11.3 Å². The fourth-order valence-corrected chi connectivity index (χ4v) is 2.82. The van der Waals surface area contributed by atoms with Crippen molar-refractivity contribution in [3.05, 3.63) is 59.6 Å². The van der Waals surface area contributed by atoms with Crippen LogP contribution in [0.25, 0.3) is 10.6 Å². The Balaban J connectivity index is 1.45. The van der Waals surface area contributed by atoms with Crippen LogP contribution < -0.4 is 10.1 Å². The second-order valence-electron chi connectivity index (χ2n) is 4.59. The van der Waals surface area contributed by atoms with E-state index in [9.17, 15) is 0 Å². The van der Waals surface area contributed by atoms with Crippen molar-refractivity contribution in [2.75, 3.05) is 13.2 Å². The van der Waals surface area contributed by atoms with E-state index in [0.717, 1.165) is 24.5 Å². The first kappa shape index (κ1) is 13.9. The lowest BCUT2D eigenvalue weighted by molar-refractivity contribution is 0.313. The van der Waals surface area contributed by atoms with Gasteiger partial charge in [-0.2, -0.15) is 5.10 Å². The molecule has 2 N–H and O–H groups in total. The van der Waals surface area contributed by atoms with Crippen molar-refractivity contribution in [1.29, 1.82) is 0 Å². The van der Waals surface area contributed by atoms with Gasteiger partial charge >= 0.3 is 0 Å². The number of ether oxygens (including phenoxy) is 1. The van der Waals surface area contributed by atoms with Gasteiger partial charge in [0.2, 0.25) is 0 Å². The highest BCUT2D eigenvalue weighted by atomic mass is 32.1. The van der Waals surface area contributed by atoms with E-state index >= 15 is 0 Å². The summed E-state index contributed by atoms with van der Waals surface area (Å²) in [7, 11) is 0. The van der Waals surface area contributed by atoms with E-state index in [1.165, 1.54) is 10.4 Å². The minimum absolute atomic E-state index is 0.649. The maximum Gasteiger partial charge on any atom is 0.119 e. The van der Waals surface area contributed by atoms with Crippen molar-refractivity contribution in [2.24, 2.45) is 0 Å². The summed E-state index contributed by atoms with van der Waals surface area (Å²) in [5, 5.41) is 12.6. The lowest BCUT2D eigenvalue weighted by atomic mass is 10.2. The summed E-state index contributed by atoms with van der Waals surface area (Å²) < 4.78 is 5.64. The van der Waals surface area contributed by atoms with Gasteiger partial charge in [-0.05, 0) is 23.6 Å². The summed E-state index contributed by atoms with van der Waals surface area (Å²) in [5.74, 6) is 0.905. The van der Waals surface area contributed by atoms with Crippen LogP contribution in [0.4, 0.5) is 0 Å². The summed E-state index contributed by atoms with van der Waals surface area (Å²) in [6.45, 7) is 2.22. The third-order valence-corrected chi connectivity index (χ3v) is 3.98. The summed E-state index contributed by atoms with van der Waals surface area (Å²) in [4.78, 5) is 1.21. The number of thiophene rings is 1. The Morgan fingerprint density at radius 1 is 1.14 bits per heavy atom. The molecule has 0 unspecified atom stereocenters. The number of rotatable bonds is 7. The number of hydrogen-bond donors (Lipinski definition) is 2. The molecule has 2 heterocycles. The molecular weight excluding hydrogens is 282 g/mol. The van der Waals surface area contributed by atoms with Crippen LogP contribution in [0.2, 0.25) is 0 Å². The molecule has 0 radical (unpaired) electrons. The van der Waals surface area contributed by atoms with Crippen LogP contribution >= 0.6 is 11.3 Å². The van der Waals surface area contributed by atoms with Crippen LogP contribution in [0.15, 0.2) is 54.0 Å². The number of hydrogen-bond acceptors (Lipinski definition) is 4. The largest absolute Gasteiger partial charge is 0.492 e. The maximum absolute atomic E-state index is 5.64. The number of para-hydroxylation sites is 1. The van der Waals surface area contributed by atoms with Gasteiger partial charge in [-0.15, -0.1) is 11.3 Å². The molecule has 0 fully saturated rings. The molecule has 0 atom stereocenters. The van der Waals surface area contributed by atoms with E-state index in [1.807, 2.05) is 42.6 Å². The molecule has 0 aliphatic rings. The maximum atomic E-state index is 5.64. The first-order valence-electron chi connectivity index (χ1n) is 6.88. The van der Waals surface area contributed by atoms with E-state index in [4.69, 9.17) is 4.74 Å². The fourth-order valence-electron chi connectivity index (χ4n) is 2.06. The molecule has 0 aliphatic heterocycles. The third kappa shape index (κ3) is 3.71. The number of nitrogens with zero attached hydrogens (tertiary/aromatic N) is 1. The monoisotopic (exact) mass is 299 g/mol. The lowest BCUT2D eigenvalue weighted by Gasteiger charge is -2.07. The molecular formula is C16H17N3OS. The smallest absolute Gasteiger partial charge is 0.119 e. The molecule has 4 nitrogen and oxygen atoms in total. The van der Waals surface area contributed by atoms with Crippen molar-refractivity contribution in [2.45, 2.75) is 6.54 Å². The highest BCUT2D eigenvalue weighted by molar-refractivity contribution is 7.13. The zero-order valence-electron chi connectivity index (χ0n) is 11.6. The Bertz CT molecular complexity index is 649.